The zero-order valence-electron chi connectivity index (χ0n) is 16.3. The van der Waals surface area contributed by atoms with Crippen molar-refractivity contribution >= 4 is 21.9 Å². The molecule has 1 aliphatic rings. The second kappa shape index (κ2) is 10.2. The molecule has 1 N–H and O–H groups in total. The molecule has 1 fully saturated rings. The van der Waals surface area contributed by atoms with Gasteiger partial charge >= 0.3 is 0 Å². The number of aliphatic imine (C=N–C) groups is 1. The highest BCUT2D eigenvalue weighted by Gasteiger charge is 2.15. The molecular weight excluding hydrogens is 378 g/mol. The number of hydrogen-bond donors (Lipinski definition) is 1. The number of aromatic nitrogens is 1. The topological polar surface area (TPSA) is 35.8 Å². The lowest BCUT2D eigenvalue weighted by Gasteiger charge is -2.30. The van der Waals surface area contributed by atoms with Crippen LogP contribution in [0, 0.1) is 5.92 Å². The van der Waals surface area contributed by atoms with Crippen LogP contribution in [0.1, 0.15) is 38.3 Å². The molecule has 1 aliphatic heterocycles. The summed E-state index contributed by atoms with van der Waals surface area (Å²) in [5.74, 6) is 1.83. The number of hydrogen-bond acceptors (Lipinski definition) is 2. The Morgan fingerprint density at radius 1 is 1.44 bits per heavy atom. The predicted molar refractivity (Wildman–Crippen MR) is 110 cm³/mol. The lowest BCUT2D eigenvalue weighted by Crippen LogP contribution is -2.39. The third-order valence-corrected chi connectivity index (χ3v) is 5.41. The summed E-state index contributed by atoms with van der Waals surface area (Å²) in [6, 6.07) is 2.16. The van der Waals surface area contributed by atoms with Crippen LogP contribution in [0.2, 0.25) is 0 Å². The molecule has 0 amide bonds. The van der Waals surface area contributed by atoms with E-state index in [4.69, 9.17) is 0 Å². The summed E-state index contributed by atoms with van der Waals surface area (Å²) >= 11 is 3.53. The molecule has 5 nitrogen and oxygen atoms in total. The number of likely N-dealkylation sites (tertiary alicyclic amines) is 1. The van der Waals surface area contributed by atoms with Crippen molar-refractivity contribution in [1.29, 1.82) is 0 Å². The highest BCUT2D eigenvalue weighted by molar-refractivity contribution is 9.10. The number of rotatable bonds is 7. The van der Waals surface area contributed by atoms with E-state index in [0.29, 0.717) is 0 Å². The van der Waals surface area contributed by atoms with E-state index in [0.717, 1.165) is 29.4 Å². The summed E-state index contributed by atoms with van der Waals surface area (Å²) < 4.78 is 3.27. The zero-order valence-corrected chi connectivity index (χ0v) is 17.8. The SMILES string of the molecule is CN=C(NCCCCN1CCCC(C)C1)N(C)Cc1cc(Br)cn1C. The van der Waals surface area contributed by atoms with Gasteiger partial charge in [-0.2, -0.15) is 0 Å². The number of nitrogens with zero attached hydrogens (tertiary/aromatic N) is 4. The van der Waals surface area contributed by atoms with Gasteiger partial charge in [-0.15, -0.1) is 0 Å². The lowest BCUT2D eigenvalue weighted by molar-refractivity contribution is 0.181. The van der Waals surface area contributed by atoms with Gasteiger partial charge in [0.2, 0.25) is 0 Å². The zero-order chi connectivity index (χ0) is 18.2. The van der Waals surface area contributed by atoms with Gasteiger partial charge in [-0.1, -0.05) is 6.92 Å². The standard InChI is InChI=1S/C19H34BrN5/c1-16-8-7-11-25(13-16)10-6-5-9-22-19(21-2)24(4)15-18-12-17(20)14-23(18)3/h12,14,16H,5-11,13,15H2,1-4H3,(H,21,22). The van der Waals surface area contributed by atoms with Gasteiger partial charge < -0.3 is 19.7 Å². The maximum absolute atomic E-state index is 4.42. The Labute approximate surface area is 161 Å². The maximum atomic E-state index is 4.42. The predicted octanol–water partition coefficient (Wildman–Crippen LogP) is 3.31. The average Bonchev–Trinajstić information content (AvgIpc) is 2.88. The van der Waals surface area contributed by atoms with Gasteiger partial charge in [0, 0.05) is 50.6 Å². The van der Waals surface area contributed by atoms with Crippen molar-refractivity contribution in [1.82, 2.24) is 19.7 Å². The van der Waals surface area contributed by atoms with Gasteiger partial charge in [0.05, 0.1) is 6.54 Å². The molecule has 2 heterocycles. The minimum absolute atomic E-state index is 0.841. The molecule has 1 atom stereocenters. The van der Waals surface area contributed by atoms with Gasteiger partial charge in [-0.25, -0.2) is 0 Å². The van der Waals surface area contributed by atoms with Crippen LogP contribution in [-0.2, 0) is 13.6 Å². The van der Waals surface area contributed by atoms with E-state index in [9.17, 15) is 0 Å². The van der Waals surface area contributed by atoms with Crippen molar-refractivity contribution in [3.63, 3.8) is 0 Å². The fourth-order valence-corrected chi connectivity index (χ4v) is 4.15. The molecule has 142 valence electrons. The highest BCUT2D eigenvalue weighted by atomic mass is 79.9. The summed E-state index contributed by atoms with van der Waals surface area (Å²) in [6.45, 7) is 8.00. The molecule has 2 rings (SSSR count). The molecule has 0 aromatic carbocycles. The van der Waals surface area contributed by atoms with E-state index in [1.165, 1.54) is 51.0 Å². The van der Waals surface area contributed by atoms with Gasteiger partial charge in [0.25, 0.3) is 0 Å². The second-order valence-corrected chi connectivity index (χ2v) is 8.26. The molecule has 6 heteroatoms. The number of aryl methyl sites for hydroxylation is 1. The number of halogens is 1. The van der Waals surface area contributed by atoms with Gasteiger partial charge in [-0.3, -0.25) is 4.99 Å². The number of nitrogens with one attached hydrogen (secondary N) is 1. The average molecular weight is 412 g/mol. The van der Waals surface area contributed by atoms with Crippen LogP contribution in [0.5, 0.6) is 0 Å². The van der Waals surface area contributed by atoms with Crippen LogP contribution >= 0.6 is 15.9 Å². The van der Waals surface area contributed by atoms with Crippen LogP contribution in [0.25, 0.3) is 0 Å². The van der Waals surface area contributed by atoms with Crippen molar-refractivity contribution in [3.05, 3.63) is 22.4 Å². The third kappa shape index (κ3) is 6.66. The molecule has 1 unspecified atom stereocenters. The molecule has 1 aromatic rings. The van der Waals surface area contributed by atoms with E-state index >= 15 is 0 Å². The van der Waals surface area contributed by atoms with E-state index in [1.54, 1.807) is 0 Å². The van der Waals surface area contributed by atoms with Crippen LogP contribution in [0.3, 0.4) is 0 Å². The Morgan fingerprint density at radius 2 is 2.24 bits per heavy atom. The Hall–Kier alpha value is -1.01. The molecule has 0 aliphatic carbocycles. The molecule has 1 saturated heterocycles. The first kappa shape index (κ1) is 20.3. The van der Waals surface area contributed by atoms with E-state index < -0.39 is 0 Å². The molecule has 1 aromatic heterocycles. The van der Waals surface area contributed by atoms with E-state index in [2.05, 4.69) is 73.9 Å². The summed E-state index contributed by atoms with van der Waals surface area (Å²) in [5.41, 5.74) is 1.26. The van der Waals surface area contributed by atoms with Crippen LogP contribution in [0.15, 0.2) is 21.7 Å². The molecule has 0 radical (unpaired) electrons. The summed E-state index contributed by atoms with van der Waals surface area (Å²) in [5, 5.41) is 3.50. The minimum Gasteiger partial charge on any atom is -0.356 e. The van der Waals surface area contributed by atoms with Crippen molar-refractivity contribution in [2.75, 3.05) is 40.3 Å². The van der Waals surface area contributed by atoms with Crippen molar-refractivity contribution in [2.24, 2.45) is 18.0 Å². The first-order chi connectivity index (χ1) is 12.0. The Morgan fingerprint density at radius 3 is 2.88 bits per heavy atom. The summed E-state index contributed by atoms with van der Waals surface area (Å²) in [6.07, 6.45) is 7.30. The van der Waals surface area contributed by atoms with Gasteiger partial charge in [0.15, 0.2) is 5.96 Å². The Kier molecular flexibility index (Phi) is 8.30. The summed E-state index contributed by atoms with van der Waals surface area (Å²) in [4.78, 5) is 9.22. The first-order valence-electron chi connectivity index (χ1n) is 9.44. The fraction of sp³-hybridized carbons (Fsp3) is 0.737. The Balaban J connectivity index is 1.66. The quantitative estimate of drug-likeness (QED) is 0.424. The lowest BCUT2D eigenvalue weighted by atomic mass is 10.0. The first-order valence-corrected chi connectivity index (χ1v) is 10.2. The fourth-order valence-electron chi connectivity index (χ4n) is 3.58. The molecule has 0 saturated carbocycles. The largest absolute Gasteiger partial charge is 0.356 e. The van der Waals surface area contributed by atoms with Crippen molar-refractivity contribution in [3.8, 4) is 0 Å². The van der Waals surface area contributed by atoms with Crippen molar-refractivity contribution < 1.29 is 0 Å². The molecule has 0 spiro atoms. The maximum Gasteiger partial charge on any atom is 0.193 e. The monoisotopic (exact) mass is 411 g/mol. The van der Waals surface area contributed by atoms with Gasteiger partial charge in [-0.05, 0) is 66.7 Å². The normalized spacial score (nSPS) is 19.2. The molecular formula is C19H34BrN5. The van der Waals surface area contributed by atoms with Crippen LogP contribution in [0.4, 0.5) is 0 Å². The van der Waals surface area contributed by atoms with E-state index in [1.807, 2.05) is 7.05 Å². The van der Waals surface area contributed by atoms with Crippen molar-refractivity contribution in [2.45, 2.75) is 39.2 Å². The summed E-state index contributed by atoms with van der Waals surface area (Å²) in [7, 11) is 6.02. The van der Waals surface area contributed by atoms with Crippen LogP contribution < -0.4 is 5.32 Å². The third-order valence-electron chi connectivity index (χ3n) is 4.97. The minimum atomic E-state index is 0.841. The number of guanidine groups is 1. The number of piperidine rings is 1. The van der Waals surface area contributed by atoms with Gasteiger partial charge in [0.1, 0.15) is 0 Å². The Bertz CT molecular complexity index is 554. The highest BCUT2D eigenvalue weighted by Crippen LogP contribution is 2.16. The van der Waals surface area contributed by atoms with Crippen LogP contribution in [-0.4, -0.2) is 60.6 Å². The molecule has 0 bridgehead atoms. The van der Waals surface area contributed by atoms with E-state index in [-0.39, 0.29) is 0 Å². The molecule has 25 heavy (non-hydrogen) atoms. The second-order valence-electron chi connectivity index (χ2n) is 7.35. The number of unbranched alkanes of at least 4 members (excludes halogenated alkanes) is 1. The smallest absolute Gasteiger partial charge is 0.193 e.